The largest absolute Gasteiger partial charge is 0.492 e. The standard InChI is InChI=1S/C11H17FN2O/c1-7-6-8(13-2)11(15-5)9(12)10(7)14(3)4/h6,13H,1-5H3. The second kappa shape index (κ2) is 4.38. The first kappa shape index (κ1) is 11.6. The number of aryl methyl sites for hydroxylation is 1. The van der Waals surface area contributed by atoms with Gasteiger partial charge in [-0.2, -0.15) is 0 Å². The van der Waals surface area contributed by atoms with E-state index in [1.54, 1.807) is 11.9 Å². The maximum absolute atomic E-state index is 14.0. The Morgan fingerprint density at radius 3 is 2.40 bits per heavy atom. The molecule has 0 amide bonds. The van der Waals surface area contributed by atoms with Crippen LogP contribution in [0.5, 0.6) is 5.75 Å². The van der Waals surface area contributed by atoms with E-state index in [0.29, 0.717) is 11.4 Å². The van der Waals surface area contributed by atoms with Crippen LogP contribution in [0.3, 0.4) is 0 Å². The molecule has 0 aliphatic heterocycles. The van der Waals surface area contributed by atoms with Crippen molar-refractivity contribution in [1.29, 1.82) is 0 Å². The molecule has 0 spiro atoms. The lowest BCUT2D eigenvalue weighted by molar-refractivity contribution is 0.388. The van der Waals surface area contributed by atoms with Crippen molar-refractivity contribution in [2.24, 2.45) is 0 Å². The Morgan fingerprint density at radius 2 is 2.00 bits per heavy atom. The maximum Gasteiger partial charge on any atom is 0.190 e. The number of benzene rings is 1. The van der Waals surface area contributed by atoms with E-state index in [2.05, 4.69) is 5.32 Å². The first-order valence-corrected chi connectivity index (χ1v) is 4.75. The van der Waals surface area contributed by atoms with Gasteiger partial charge in [0.1, 0.15) is 0 Å². The minimum atomic E-state index is -0.327. The molecule has 0 radical (unpaired) electrons. The van der Waals surface area contributed by atoms with Crippen LogP contribution in [0.4, 0.5) is 15.8 Å². The molecule has 0 saturated carbocycles. The molecule has 1 N–H and O–H groups in total. The predicted octanol–water partition coefficient (Wildman–Crippen LogP) is 2.25. The van der Waals surface area contributed by atoms with Crippen molar-refractivity contribution in [1.82, 2.24) is 0 Å². The molecule has 0 bridgehead atoms. The third kappa shape index (κ3) is 1.98. The highest BCUT2D eigenvalue weighted by molar-refractivity contribution is 5.69. The molecule has 0 aromatic heterocycles. The van der Waals surface area contributed by atoms with Crippen molar-refractivity contribution in [3.63, 3.8) is 0 Å². The molecule has 84 valence electrons. The van der Waals surface area contributed by atoms with Gasteiger partial charge in [0, 0.05) is 21.1 Å². The quantitative estimate of drug-likeness (QED) is 0.831. The summed E-state index contributed by atoms with van der Waals surface area (Å²) in [7, 11) is 6.83. The van der Waals surface area contributed by atoms with E-state index in [-0.39, 0.29) is 11.6 Å². The minimum absolute atomic E-state index is 0.256. The molecule has 15 heavy (non-hydrogen) atoms. The summed E-state index contributed by atoms with van der Waals surface area (Å²) in [6.07, 6.45) is 0. The van der Waals surface area contributed by atoms with Crippen LogP contribution in [0.1, 0.15) is 5.56 Å². The van der Waals surface area contributed by atoms with Gasteiger partial charge in [0.05, 0.1) is 18.5 Å². The Labute approximate surface area is 89.8 Å². The van der Waals surface area contributed by atoms with Crippen LogP contribution >= 0.6 is 0 Å². The van der Waals surface area contributed by atoms with Crippen LogP contribution < -0.4 is 15.0 Å². The number of halogens is 1. The molecule has 4 heteroatoms. The van der Waals surface area contributed by atoms with Gasteiger partial charge in [-0.25, -0.2) is 4.39 Å². The molecular weight excluding hydrogens is 195 g/mol. The Bertz CT molecular complexity index is 364. The zero-order valence-electron chi connectivity index (χ0n) is 9.81. The summed E-state index contributed by atoms with van der Waals surface area (Å²) in [6.45, 7) is 1.87. The number of anilines is 2. The summed E-state index contributed by atoms with van der Waals surface area (Å²) in [6, 6.07) is 1.87. The van der Waals surface area contributed by atoms with Crippen molar-refractivity contribution >= 4 is 11.4 Å². The highest BCUT2D eigenvalue weighted by atomic mass is 19.1. The summed E-state index contributed by atoms with van der Waals surface area (Å²) in [5.74, 6) is -0.0707. The van der Waals surface area contributed by atoms with Crippen LogP contribution in [0.2, 0.25) is 0 Å². The second-order valence-electron chi connectivity index (χ2n) is 3.58. The molecule has 0 unspecified atom stereocenters. The van der Waals surface area contributed by atoms with Crippen molar-refractivity contribution in [2.75, 3.05) is 38.5 Å². The van der Waals surface area contributed by atoms with E-state index in [4.69, 9.17) is 4.74 Å². The fourth-order valence-electron chi connectivity index (χ4n) is 1.68. The molecule has 1 rings (SSSR count). The number of hydrogen-bond acceptors (Lipinski definition) is 3. The van der Waals surface area contributed by atoms with Gasteiger partial charge in [-0.3, -0.25) is 0 Å². The highest BCUT2D eigenvalue weighted by Crippen LogP contribution is 2.36. The summed E-state index contributed by atoms with van der Waals surface area (Å²) in [4.78, 5) is 1.74. The van der Waals surface area contributed by atoms with Crippen LogP contribution in [-0.4, -0.2) is 28.3 Å². The molecule has 0 aliphatic rings. The summed E-state index contributed by atoms with van der Waals surface area (Å²) < 4.78 is 19.1. The molecule has 0 aliphatic carbocycles. The zero-order valence-corrected chi connectivity index (χ0v) is 9.81. The van der Waals surface area contributed by atoms with Gasteiger partial charge < -0.3 is 15.0 Å². The molecule has 0 heterocycles. The van der Waals surface area contributed by atoms with E-state index in [0.717, 1.165) is 5.56 Å². The monoisotopic (exact) mass is 212 g/mol. The van der Waals surface area contributed by atoms with E-state index in [1.807, 2.05) is 27.1 Å². The van der Waals surface area contributed by atoms with Gasteiger partial charge in [0.25, 0.3) is 0 Å². The van der Waals surface area contributed by atoms with Gasteiger partial charge in [-0.15, -0.1) is 0 Å². The number of nitrogens with zero attached hydrogens (tertiary/aromatic N) is 1. The lowest BCUT2D eigenvalue weighted by atomic mass is 10.1. The summed E-state index contributed by atoms with van der Waals surface area (Å²) >= 11 is 0. The number of nitrogens with one attached hydrogen (secondary N) is 1. The third-order valence-electron chi connectivity index (χ3n) is 2.31. The van der Waals surface area contributed by atoms with E-state index in [9.17, 15) is 4.39 Å². The SMILES string of the molecule is CNc1cc(C)c(N(C)C)c(F)c1OC. The number of hydrogen-bond donors (Lipinski definition) is 1. The van der Waals surface area contributed by atoms with Crippen molar-refractivity contribution in [3.8, 4) is 5.75 Å². The fraction of sp³-hybridized carbons (Fsp3) is 0.455. The van der Waals surface area contributed by atoms with Crippen molar-refractivity contribution < 1.29 is 9.13 Å². The Kier molecular flexibility index (Phi) is 3.39. The average Bonchev–Trinajstić information content (AvgIpc) is 2.16. The lowest BCUT2D eigenvalue weighted by Gasteiger charge is -2.20. The predicted molar refractivity (Wildman–Crippen MR) is 61.6 cm³/mol. The van der Waals surface area contributed by atoms with Crippen molar-refractivity contribution in [2.45, 2.75) is 6.92 Å². The molecule has 0 saturated heterocycles. The normalized spacial score (nSPS) is 10.0. The molecular formula is C11H17FN2O. The second-order valence-corrected chi connectivity index (χ2v) is 3.58. The molecule has 0 atom stereocenters. The smallest absolute Gasteiger partial charge is 0.190 e. The van der Waals surface area contributed by atoms with Crippen LogP contribution in [0, 0.1) is 12.7 Å². The number of rotatable bonds is 3. The first-order valence-electron chi connectivity index (χ1n) is 4.75. The van der Waals surface area contributed by atoms with E-state index < -0.39 is 0 Å². The molecule has 3 nitrogen and oxygen atoms in total. The topological polar surface area (TPSA) is 24.5 Å². The lowest BCUT2D eigenvalue weighted by Crippen LogP contribution is -2.13. The van der Waals surface area contributed by atoms with Gasteiger partial charge in [0.15, 0.2) is 11.6 Å². The average molecular weight is 212 g/mol. The first-order chi connectivity index (χ1) is 7.02. The number of methoxy groups -OCH3 is 1. The third-order valence-corrected chi connectivity index (χ3v) is 2.31. The molecule has 1 aromatic carbocycles. The molecule has 0 fully saturated rings. The Hall–Kier alpha value is -1.45. The minimum Gasteiger partial charge on any atom is -0.492 e. The molecule has 1 aromatic rings. The maximum atomic E-state index is 14.0. The summed E-state index contributed by atoms with van der Waals surface area (Å²) in [5, 5.41) is 2.91. The van der Waals surface area contributed by atoms with Gasteiger partial charge >= 0.3 is 0 Å². The van der Waals surface area contributed by atoms with Crippen molar-refractivity contribution in [3.05, 3.63) is 17.4 Å². The summed E-state index contributed by atoms with van der Waals surface area (Å²) in [5.41, 5.74) is 2.10. The zero-order chi connectivity index (χ0) is 11.6. The van der Waals surface area contributed by atoms with E-state index >= 15 is 0 Å². The van der Waals surface area contributed by atoms with Gasteiger partial charge in [0.2, 0.25) is 0 Å². The van der Waals surface area contributed by atoms with Crippen LogP contribution in [-0.2, 0) is 0 Å². The highest BCUT2D eigenvalue weighted by Gasteiger charge is 2.17. The van der Waals surface area contributed by atoms with Crippen LogP contribution in [0.15, 0.2) is 6.07 Å². The van der Waals surface area contributed by atoms with E-state index in [1.165, 1.54) is 7.11 Å². The van der Waals surface area contributed by atoms with Crippen LogP contribution in [0.25, 0.3) is 0 Å². The van der Waals surface area contributed by atoms with Gasteiger partial charge in [-0.05, 0) is 18.6 Å². The van der Waals surface area contributed by atoms with Gasteiger partial charge in [-0.1, -0.05) is 0 Å². The number of ether oxygens (including phenoxy) is 1. The Balaban J connectivity index is 3.44. The fourth-order valence-corrected chi connectivity index (χ4v) is 1.68. The Morgan fingerprint density at radius 1 is 1.40 bits per heavy atom.